The van der Waals surface area contributed by atoms with Crippen molar-refractivity contribution in [2.24, 2.45) is 0 Å². The van der Waals surface area contributed by atoms with Crippen LogP contribution in [0.1, 0.15) is 0 Å². The number of hydrogen-bond donors (Lipinski definition) is 0. The fourth-order valence-electron chi connectivity index (χ4n) is 2.45. The molecule has 4 rings (SSSR count). The molecule has 2 aromatic heterocycles. The van der Waals surface area contributed by atoms with E-state index in [4.69, 9.17) is 4.42 Å². The lowest BCUT2D eigenvalue weighted by atomic mass is 10.1. The summed E-state index contributed by atoms with van der Waals surface area (Å²) in [4.78, 5) is 16.2. The second-order valence-corrected chi connectivity index (χ2v) is 4.48. The topological polar surface area (TPSA) is 43.1 Å². The van der Waals surface area contributed by atoms with Crippen molar-refractivity contribution in [3.8, 4) is 0 Å². The molecule has 0 unspecified atom stereocenters. The summed E-state index contributed by atoms with van der Waals surface area (Å²) in [7, 11) is 0. The molecule has 19 heavy (non-hydrogen) atoms. The molecule has 0 saturated carbocycles. The number of benzene rings is 2. The van der Waals surface area contributed by atoms with Crippen LogP contribution in [0.2, 0.25) is 0 Å². The second-order valence-electron chi connectivity index (χ2n) is 4.48. The first-order valence-electron chi connectivity index (χ1n) is 6.03. The number of hydrogen-bond acceptors (Lipinski definition) is 3. The number of fused-ring (bicyclic) bond motifs is 4. The van der Waals surface area contributed by atoms with Crippen molar-refractivity contribution >= 4 is 32.6 Å². The van der Waals surface area contributed by atoms with Gasteiger partial charge in [-0.1, -0.05) is 24.3 Å². The van der Waals surface area contributed by atoms with Crippen molar-refractivity contribution in [2.75, 3.05) is 0 Å². The molecule has 0 fully saturated rings. The van der Waals surface area contributed by atoms with Crippen LogP contribution in [0, 0.1) is 0 Å². The SMILES string of the molecule is O=c1oc2cc3ncccc3cc2c2ccccc12. The summed E-state index contributed by atoms with van der Waals surface area (Å²) in [5.41, 5.74) is 1.10. The van der Waals surface area contributed by atoms with Crippen LogP contribution in [-0.2, 0) is 0 Å². The van der Waals surface area contributed by atoms with Crippen LogP contribution in [0.3, 0.4) is 0 Å². The third-order valence-corrected chi connectivity index (χ3v) is 3.34. The molecule has 0 saturated heterocycles. The predicted octanol–water partition coefficient (Wildman–Crippen LogP) is 3.49. The van der Waals surface area contributed by atoms with Crippen molar-refractivity contribution in [1.29, 1.82) is 0 Å². The van der Waals surface area contributed by atoms with E-state index >= 15 is 0 Å². The summed E-state index contributed by atoms with van der Waals surface area (Å²) in [6.45, 7) is 0. The van der Waals surface area contributed by atoms with Gasteiger partial charge in [-0.3, -0.25) is 4.98 Å². The highest BCUT2D eigenvalue weighted by molar-refractivity contribution is 6.08. The zero-order valence-electron chi connectivity index (χ0n) is 9.96. The molecule has 0 aliphatic heterocycles. The number of nitrogens with zero attached hydrogens (tertiary/aromatic N) is 1. The van der Waals surface area contributed by atoms with Crippen molar-refractivity contribution in [3.05, 3.63) is 65.1 Å². The van der Waals surface area contributed by atoms with Crippen molar-refractivity contribution < 1.29 is 4.42 Å². The fourth-order valence-corrected chi connectivity index (χ4v) is 2.45. The highest BCUT2D eigenvalue weighted by atomic mass is 16.4. The van der Waals surface area contributed by atoms with E-state index in [2.05, 4.69) is 4.98 Å². The van der Waals surface area contributed by atoms with Crippen LogP contribution in [0.5, 0.6) is 0 Å². The summed E-state index contributed by atoms with van der Waals surface area (Å²) >= 11 is 0. The lowest BCUT2D eigenvalue weighted by Crippen LogP contribution is -1.99. The molecule has 2 heterocycles. The molecule has 0 amide bonds. The summed E-state index contributed by atoms with van der Waals surface area (Å²) in [6.07, 6.45) is 1.73. The van der Waals surface area contributed by atoms with Gasteiger partial charge in [0.25, 0.3) is 0 Å². The molecule has 0 aliphatic rings. The smallest absolute Gasteiger partial charge is 0.344 e. The highest BCUT2D eigenvalue weighted by Gasteiger charge is 2.08. The van der Waals surface area contributed by atoms with Crippen LogP contribution >= 0.6 is 0 Å². The van der Waals surface area contributed by atoms with E-state index in [0.717, 1.165) is 21.7 Å². The Labute approximate surface area is 108 Å². The van der Waals surface area contributed by atoms with Crippen LogP contribution in [0.25, 0.3) is 32.6 Å². The maximum absolute atomic E-state index is 11.9. The van der Waals surface area contributed by atoms with E-state index in [1.165, 1.54) is 0 Å². The van der Waals surface area contributed by atoms with Gasteiger partial charge in [-0.05, 0) is 23.6 Å². The van der Waals surface area contributed by atoms with Crippen molar-refractivity contribution in [1.82, 2.24) is 4.98 Å². The number of rotatable bonds is 0. The minimum Gasteiger partial charge on any atom is -0.422 e. The van der Waals surface area contributed by atoms with Gasteiger partial charge in [0.1, 0.15) is 5.58 Å². The molecular weight excluding hydrogens is 238 g/mol. The van der Waals surface area contributed by atoms with Gasteiger partial charge in [0.2, 0.25) is 0 Å². The van der Waals surface area contributed by atoms with Gasteiger partial charge in [0.15, 0.2) is 0 Å². The Hall–Kier alpha value is -2.68. The third-order valence-electron chi connectivity index (χ3n) is 3.34. The molecule has 4 aromatic rings. The van der Waals surface area contributed by atoms with E-state index in [0.29, 0.717) is 11.0 Å². The number of aromatic nitrogens is 1. The van der Waals surface area contributed by atoms with Gasteiger partial charge in [0.05, 0.1) is 10.9 Å². The summed E-state index contributed by atoms with van der Waals surface area (Å²) in [5.74, 6) is 0. The Bertz CT molecular complexity index is 986. The first-order valence-corrected chi connectivity index (χ1v) is 6.03. The molecule has 0 spiro atoms. The van der Waals surface area contributed by atoms with Gasteiger partial charge in [-0.15, -0.1) is 0 Å². The Morgan fingerprint density at radius 3 is 2.63 bits per heavy atom. The molecule has 0 aliphatic carbocycles. The summed E-state index contributed by atoms with van der Waals surface area (Å²) < 4.78 is 5.39. The number of pyridine rings is 1. The lowest BCUT2D eigenvalue weighted by Gasteiger charge is -2.04. The predicted molar refractivity (Wildman–Crippen MR) is 75.3 cm³/mol. The zero-order valence-corrected chi connectivity index (χ0v) is 9.96. The van der Waals surface area contributed by atoms with Crippen LogP contribution < -0.4 is 5.63 Å². The maximum Gasteiger partial charge on any atom is 0.344 e. The molecule has 0 N–H and O–H groups in total. The third kappa shape index (κ3) is 1.45. The Kier molecular flexibility index (Phi) is 1.97. The minimum atomic E-state index is -0.307. The molecule has 3 nitrogen and oxygen atoms in total. The average Bonchev–Trinajstić information content (AvgIpc) is 2.46. The fraction of sp³-hybridized carbons (Fsp3) is 0. The largest absolute Gasteiger partial charge is 0.422 e. The van der Waals surface area contributed by atoms with Crippen LogP contribution in [-0.4, -0.2) is 4.98 Å². The Morgan fingerprint density at radius 1 is 0.895 bits per heavy atom. The average molecular weight is 247 g/mol. The summed E-state index contributed by atoms with van der Waals surface area (Å²) in [5, 5.41) is 3.50. The first-order chi connectivity index (χ1) is 9.33. The van der Waals surface area contributed by atoms with Crippen LogP contribution in [0.15, 0.2) is 63.9 Å². The van der Waals surface area contributed by atoms with Crippen molar-refractivity contribution in [3.63, 3.8) is 0 Å². The van der Waals surface area contributed by atoms with E-state index in [-0.39, 0.29) is 5.63 Å². The Morgan fingerprint density at radius 2 is 1.74 bits per heavy atom. The Balaban J connectivity index is 2.32. The van der Waals surface area contributed by atoms with Crippen LogP contribution in [0.4, 0.5) is 0 Å². The van der Waals surface area contributed by atoms with Gasteiger partial charge < -0.3 is 4.42 Å². The summed E-state index contributed by atoms with van der Waals surface area (Å²) in [6, 6.07) is 15.2. The zero-order chi connectivity index (χ0) is 12.8. The molecule has 0 bridgehead atoms. The quantitative estimate of drug-likeness (QED) is 0.271. The van der Waals surface area contributed by atoms with Crippen molar-refractivity contribution in [2.45, 2.75) is 0 Å². The molecule has 3 heteroatoms. The van der Waals surface area contributed by atoms with E-state index in [1.54, 1.807) is 12.3 Å². The maximum atomic E-state index is 11.9. The highest BCUT2D eigenvalue weighted by Crippen LogP contribution is 2.26. The lowest BCUT2D eigenvalue weighted by molar-refractivity contribution is 0.570. The molecule has 0 atom stereocenters. The van der Waals surface area contributed by atoms with Gasteiger partial charge in [-0.2, -0.15) is 0 Å². The van der Waals surface area contributed by atoms with Gasteiger partial charge in [0, 0.05) is 23.0 Å². The molecular formula is C16H9NO2. The van der Waals surface area contributed by atoms with E-state index in [9.17, 15) is 4.79 Å². The molecule has 2 aromatic carbocycles. The van der Waals surface area contributed by atoms with E-state index < -0.39 is 0 Å². The molecule has 90 valence electrons. The van der Waals surface area contributed by atoms with E-state index in [1.807, 2.05) is 42.5 Å². The monoisotopic (exact) mass is 247 g/mol. The molecule has 0 radical (unpaired) electrons. The standard InChI is InChI=1S/C16H9NO2/c18-16-12-6-2-1-5-11(12)13-8-10-4-3-7-17-14(10)9-15(13)19-16/h1-9H. The minimum absolute atomic E-state index is 0.307. The van der Waals surface area contributed by atoms with Gasteiger partial charge >= 0.3 is 5.63 Å². The first kappa shape index (κ1) is 10.3. The van der Waals surface area contributed by atoms with Gasteiger partial charge in [-0.25, -0.2) is 4.79 Å². The normalized spacial score (nSPS) is 11.4. The second kappa shape index (κ2) is 3.65.